The number of nitrogens with one attached hydrogen (secondary N) is 1. The van der Waals surface area contributed by atoms with Gasteiger partial charge in [-0.15, -0.1) is 0 Å². The summed E-state index contributed by atoms with van der Waals surface area (Å²) in [4.78, 5) is 12.9. The molecule has 0 radical (unpaired) electrons. The summed E-state index contributed by atoms with van der Waals surface area (Å²) in [5.74, 6) is 2.22. The fraction of sp³-hybridized carbons (Fsp3) is 0.174. The molecule has 5 rings (SSSR count). The first-order valence-corrected chi connectivity index (χ1v) is 9.92. The summed E-state index contributed by atoms with van der Waals surface area (Å²) in [6.07, 6.45) is 0. The number of rotatable bonds is 6. The zero-order valence-electron chi connectivity index (χ0n) is 18.0. The molecule has 1 amide bonds. The number of benzene rings is 2. The number of aromatic nitrogens is 2. The first-order chi connectivity index (χ1) is 16.1. The Morgan fingerprint density at radius 1 is 0.970 bits per heavy atom. The van der Waals surface area contributed by atoms with Crippen LogP contribution in [0, 0.1) is 0 Å². The molecule has 1 aliphatic rings. The van der Waals surface area contributed by atoms with Crippen molar-refractivity contribution in [3.63, 3.8) is 0 Å². The summed E-state index contributed by atoms with van der Waals surface area (Å²) in [5, 5.41) is 10.6. The van der Waals surface area contributed by atoms with E-state index in [1.54, 1.807) is 18.2 Å². The lowest BCUT2D eigenvalue weighted by Gasteiger charge is -2.15. The third-order valence-corrected chi connectivity index (χ3v) is 5.21. The Morgan fingerprint density at radius 2 is 1.73 bits per heavy atom. The Kier molecular flexibility index (Phi) is 5.09. The average Bonchev–Trinajstić information content (AvgIpc) is 3.50. The van der Waals surface area contributed by atoms with Crippen LogP contribution in [-0.4, -0.2) is 37.5 Å². The Labute approximate surface area is 188 Å². The van der Waals surface area contributed by atoms with Crippen molar-refractivity contribution in [2.24, 2.45) is 0 Å². The van der Waals surface area contributed by atoms with E-state index in [0.717, 1.165) is 5.56 Å². The van der Waals surface area contributed by atoms with Gasteiger partial charge in [-0.2, -0.15) is 0 Å². The van der Waals surface area contributed by atoms with Gasteiger partial charge in [0.15, 0.2) is 23.0 Å². The van der Waals surface area contributed by atoms with E-state index in [9.17, 15) is 4.79 Å². The van der Waals surface area contributed by atoms with E-state index in [-0.39, 0.29) is 18.2 Å². The minimum absolute atomic E-state index is 0.116. The normalized spacial score (nSPS) is 11.7. The van der Waals surface area contributed by atoms with Crippen molar-refractivity contribution in [3.05, 3.63) is 53.7 Å². The molecule has 168 valence electrons. The number of hydrogen-bond donors (Lipinski definition) is 1. The van der Waals surface area contributed by atoms with Gasteiger partial charge in [0.2, 0.25) is 11.6 Å². The van der Waals surface area contributed by atoms with Crippen molar-refractivity contribution in [2.45, 2.75) is 6.61 Å². The monoisotopic (exact) mass is 449 g/mol. The van der Waals surface area contributed by atoms with Gasteiger partial charge < -0.3 is 28.0 Å². The highest BCUT2D eigenvalue weighted by Crippen LogP contribution is 2.41. The first kappa shape index (κ1) is 20.4. The third kappa shape index (κ3) is 3.51. The van der Waals surface area contributed by atoms with Crippen LogP contribution in [-0.2, 0) is 6.61 Å². The maximum absolute atomic E-state index is 12.9. The Morgan fingerprint density at radius 3 is 2.45 bits per heavy atom. The van der Waals surface area contributed by atoms with Crippen molar-refractivity contribution < 1.29 is 32.8 Å². The second-order valence-corrected chi connectivity index (χ2v) is 7.07. The third-order valence-electron chi connectivity index (χ3n) is 5.21. The van der Waals surface area contributed by atoms with E-state index in [0.29, 0.717) is 45.6 Å². The minimum Gasteiger partial charge on any atom is -0.493 e. The van der Waals surface area contributed by atoms with E-state index >= 15 is 0 Å². The van der Waals surface area contributed by atoms with Gasteiger partial charge in [-0.3, -0.25) is 10.1 Å². The fourth-order valence-corrected chi connectivity index (χ4v) is 3.63. The highest BCUT2D eigenvalue weighted by molar-refractivity contribution is 6.04. The van der Waals surface area contributed by atoms with Crippen LogP contribution in [0.2, 0.25) is 0 Å². The molecule has 0 aliphatic carbocycles. The zero-order valence-corrected chi connectivity index (χ0v) is 18.0. The van der Waals surface area contributed by atoms with Crippen molar-refractivity contribution in [3.8, 4) is 45.6 Å². The number of ether oxygens (including phenoxy) is 4. The molecule has 4 aromatic rings. The number of amides is 1. The summed E-state index contributed by atoms with van der Waals surface area (Å²) < 4.78 is 32.6. The van der Waals surface area contributed by atoms with Crippen molar-refractivity contribution in [2.75, 3.05) is 26.6 Å². The van der Waals surface area contributed by atoms with Gasteiger partial charge in [-0.05, 0) is 24.3 Å². The molecule has 0 saturated heterocycles. The lowest BCUT2D eigenvalue weighted by atomic mass is 10.0. The van der Waals surface area contributed by atoms with Crippen LogP contribution in [0.5, 0.6) is 23.0 Å². The van der Waals surface area contributed by atoms with Crippen molar-refractivity contribution >= 4 is 11.8 Å². The van der Waals surface area contributed by atoms with Gasteiger partial charge in [-0.25, -0.2) is 0 Å². The van der Waals surface area contributed by atoms with E-state index < -0.39 is 5.91 Å². The largest absolute Gasteiger partial charge is 0.493 e. The maximum atomic E-state index is 12.9. The SMILES string of the molecule is COc1cc(-c2cc(NC(=O)c3noc4c3COc3ccccc3-4)on2)cc(OC)c1OC. The summed E-state index contributed by atoms with van der Waals surface area (Å²) in [6.45, 7) is 0.172. The van der Waals surface area contributed by atoms with Crippen LogP contribution < -0.4 is 24.3 Å². The Bertz CT molecular complexity index is 1320. The Hall–Kier alpha value is -4.47. The molecule has 0 spiro atoms. The number of carbonyl (C=O) groups is 1. The van der Waals surface area contributed by atoms with Gasteiger partial charge in [0.25, 0.3) is 5.91 Å². The summed E-state index contributed by atoms with van der Waals surface area (Å²) in [5.41, 5.74) is 2.54. The predicted octanol–water partition coefficient (Wildman–Crippen LogP) is 4.17. The van der Waals surface area contributed by atoms with Crippen LogP contribution in [0.3, 0.4) is 0 Å². The van der Waals surface area contributed by atoms with Crippen molar-refractivity contribution in [1.82, 2.24) is 10.3 Å². The number of nitrogens with zero attached hydrogens (tertiary/aromatic N) is 2. The molecule has 1 N–H and O–H groups in total. The lowest BCUT2D eigenvalue weighted by Crippen LogP contribution is -2.16. The summed E-state index contributed by atoms with van der Waals surface area (Å²) in [7, 11) is 4.57. The van der Waals surface area contributed by atoms with Gasteiger partial charge >= 0.3 is 0 Å². The lowest BCUT2D eigenvalue weighted by molar-refractivity contribution is 0.101. The molecule has 0 unspecified atom stereocenters. The van der Waals surface area contributed by atoms with Gasteiger partial charge in [-0.1, -0.05) is 22.4 Å². The molecule has 10 heteroatoms. The van der Waals surface area contributed by atoms with E-state index in [1.165, 1.54) is 21.3 Å². The topological polar surface area (TPSA) is 118 Å². The molecule has 2 aromatic heterocycles. The van der Waals surface area contributed by atoms with Gasteiger partial charge in [0.05, 0.1) is 32.5 Å². The number of methoxy groups -OCH3 is 3. The van der Waals surface area contributed by atoms with Gasteiger partial charge in [0.1, 0.15) is 18.1 Å². The maximum Gasteiger partial charge on any atom is 0.280 e. The van der Waals surface area contributed by atoms with E-state index in [2.05, 4.69) is 15.6 Å². The van der Waals surface area contributed by atoms with E-state index in [1.807, 2.05) is 24.3 Å². The highest BCUT2D eigenvalue weighted by atomic mass is 16.5. The number of anilines is 1. The first-order valence-electron chi connectivity index (χ1n) is 9.92. The fourth-order valence-electron chi connectivity index (χ4n) is 3.63. The molecule has 0 fully saturated rings. The molecule has 33 heavy (non-hydrogen) atoms. The number of para-hydroxylation sites is 1. The zero-order chi connectivity index (χ0) is 22.9. The quantitative estimate of drug-likeness (QED) is 0.463. The molecule has 0 saturated carbocycles. The summed E-state index contributed by atoms with van der Waals surface area (Å²) >= 11 is 0. The number of hydrogen-bond acceptors (Lipinski definition) is 9. The van der Waals surface area contributed by atoms with Gasteiger partial charge in [0, 0.05) is 11.6 Å². The molecule has 10 nitrogen and oxygen atoms in total. The predicted molar refractivity (Wildman–Crippen MR) is 116 cm³/mol. The smallest absolute Gasteiger partial charge is 0.280 e. The number of fused-ring (bicyclic) bond motifs is 3. The molecule has 3 heterocycles. The molecule has 0 bridgehead atoms. The molecular formula is C23H19N3O7. The second-order valence-electron chi connectivity index (χ2n) is 7.07. The van der Waals surface area contributed by atoms with Crippen LogP contribution in [0.25, 0.3) is 22.6 Å². The molecular weight excluding hydrogens is 430 g/mol. The van der Waals surface area contributed by atoms with Crippen LogP contribution >= 0.6 is 0 Å². The average molecular weight is 449 g/mol. The van der Waals surface area contributed by atoms with Crippen LogP contribution in [0.4, 0.5) is 5.88 Å². The molecule has 0 atom stereocenters. The van der Waals surface area contributed by atoms with Crippen molar-refractivity contribution in [1.29, 1.82) is 0 Å². The van der Waals surface area contributed by atoms with E-state index in [4.69, 9.17) is 28.0 Å². The van der Waals surface area contributed by atoms with Crippen LogP contribution in [0.15, 0.2) is 51.5 Å². The number of carbonyl (C=O) groups excluding carboxylic acids is 1. The molecule has 1 aliphatic heterocycles. The van der Waals surface area contributed by atoms with Crippen LogP contribution in [0.1, 0.15) is 16.1 Å². The Balaban J connectivity index is 1.40. The standard InChI is InChI=1S/C23H19N3O7/c1-28-17-8-12(9-18(29-2)22(17)30-3)15-10-19(32-25-15)24-23(27)20-14-11-31-16-7-5-4-6-13(16)21(14)33-26-20/h4-10H,11H2,1-3H3,(H,24,27). The minimum atomic E-state index is -0.504. The highest BCUT2D eigenvalue weighted by Gasteiger charge is 2.29. The summed E-state index contributed by atoms with van der Waals surface area (Å²) in [6, 6.07) is 12.4. The molecule has 2 aromatic carbocycles. The second kappa shape index (κ2) is 8.23.